The molecule has 3 rings (SSSR count). The van der Waals surface area contributed by atoms with Gasteiger partial charge in [-0.2, -0.15) is 0 Å². The zero-order valence-electron chi connectivity index (χ0n) is 14.0. The molecule has 4 heteroatoms. The number of para-hydroxylation sites is 1. The Morgan fingerprint density at radius 2 is 1.79 bits per heavy atom. The van der Waals surface area contributed by atoms with Crippen LogP contribution in [-0.4, -0.2) is 12.0 Å². The second-order valence-electron chi connectivity index (χ2n) is 5.55. The summed E-state index contributed by atoms with van der Waals surface area (Å²) in [5, 5.41) is 3.08. The van der Waals surface area contributed by atoms with Gasteiger partial charge in [0.15, 0.2) is 11.6 Å². The predicted octanol–water partition coefficient (Wildman–Crippen LogP) is 5.68. The molecule has 0 bridgehead atoms. The second kappa shape index (κ2) is 7.41. The third-order valence-corrected chi connectivity index (χ3v) is 4.73. The average Bonchev–Trinajstić information content (AvgIpc) is 2.59. The lowest BCUT2D eigenvalue weighted by molar-refractivity contribution is 0.481. The molecular formula is C20H20N2OS. The summed E-state index contributed by atoms with van der Waals surface area (Å²) in [4.78, 5) is 6.77. The molecule has 24 heavy (non-hydrogen) atoms. The first kappa shape index (κ1) is 16.4. The van der Waals surface area contributed by atoms with Gasteiger partial charge >= 0.3 is 0 Å². The van der Waals surface area contributed by atoms with Gasteiger partial charge in [-0.1, -0.05) is 42.1 Å². The lowest BCUT2D eigenvalue weighted by Crippen LogP contribution is -1.97. The summed E-state index contributed by atoms with van der Waals surface area (Å²) >= 11 is 1.70. The Labute approximate surface area is 147 Å². The number of hydrogen-bond acceptors (Lipinski definition) is 4. The average molecular weight is 336 g/mol. The van der Waals surface area contributed by atoms with Crippen molar-refractivity contribution in [3.8, 4) is 11.5 Å². The fourth-order valence-corrected chi connectivity index (χ4v) is 3.31. The van der Waals surface area contributed by atoms with E-state index < -0.39 is 0 Å². The molecule has 0 spiro atoms. The van der Waals surface area contributed by atoms with E-state index in [9.17, 15) is 0 Å². The van der Waals surface area contributed by atoms with Crippen molar-refractivity contribution in [2.75, 3.05) is 12.4 Å². The van der Waals surface area contributed by atoms with Crippen molar-refractivity contribution in [2.45, 2.75) is 23.6 Å². The molecule has 3 nitrogen and oxygen atoms in total. The highest BCUT2D eigenvalue weighted by Crippen LogP contribution is 2.36. The fraction of sp³-hybridized carbons (Fsp3) is 0.150. The number of benzene rings is 2. The Morgan fingerprint density at radius 1 is 1.00 bits per heavy atom. The number of aromatic nitrogens is 1. The number of rotatable bonds is 5. The van der Waals surface area contributed by atoms with E-state index in [2.05, 4.69) is 42.3 Å². The van der Waals surface area contributed by atoms with Crippen LogP contribution in [0.25, 0.3) is 0 Å². The van der Waals surface area contributed by atoms with Crippen LogP contribution in [0.15, 0.2) is 70.6 Å². The Balaban J connectivity index is 1.89. The summed E-state index contributed by atoms with van der Waals surface area (Å²) in [6, 6.07) is 18.2. The zero-order chi connectivity index (χ0) is 16.9. The molecule has 0 aliphatic rings. The number of nitrogens with zero attached hydrogens (tertiary/aromatic N) is 1. The van der Waals surface area contributed by atoms with E-state index in [1.54, 1.807) is 11.8 Å². The summed E-state index contributed by atoms with van der Waals surface area (Å²) in [5.41, 5.74) is 2.51. The monoisotopic (exact) mass is 336 g/mol. The molecule has 0 saturated carbocycles. The van der Waals surface area contributed by atoms with Crippen LogP contribution in [-0.2, 0) is 0 Å². The van der Waals surface area contributed by atoms with Crippen LogP contribution in [0.4, 0.5) is 5.82 Å². The van der Waals surface area contributed by atoms with Gasteiger partial charge < -0.3 is 10.1 Å². The summed E-state index contributed by atoms with van der Waals surface area (Å²) in [6.07, 6.45) is 1.87. The van der Waals surface area contributed by atoms with Crippen LogP contribution in [0.2, 0.25) is 0 Å². The topological polar surface area (TPSA) is 34.2 Å². The van der Waals surface area contributed by atoms with Crippen molar-refractivity contribution in [1.82, 2.24) is 4.98 Å². The Bertz CT molecular complexity index is 834. The van der Waals surface area contributed by atoms with Gasteiger partial charge in [-0.15, -0.1) is 0 Å². The maximum Gasteiger partial charge on any atom is 0.170 e. The maximum absolute atomic E-state index is 5.99. The van der Waals surface area contributed by atoms with Crippen molar-refractivity contribution < 1.29 is 4.74 Å². The molecule has 0 unspecified atom stereocenters. The second-order valence-corrected chi connectivity index (χ2v) is 6.67. The van der Waals surface area contributed by atoms with E-state index in [1.165, 1.54) is 16.0 Å². The van der Waals surface area contributed by atoms with Crippen LogP contribution in [0.1, 0.15) is 11.1 Å². The van der Waals surface area contributed by atoms with Gasteiger partial charge in [0, 0.05) is 29.1 Å². The first-order chi connectivity index (χ1) is 11.7. The van der Waals surface area contributed by atoms with Crippen molar-refractivity contribution in [2.24, 2.45) is 0 Å². The minimum absolute atomic E-state index is 0.721. The number of pyridine rings is 1. The van der Waals surface area contributed by atoms with Gasteiger partial charge in [-0.25, -0.2) is 4.98 Å². The van der Waals surface area contributed by atoms with E-state index in [0.717, 1.165) is 22.2 Å². The van der Waals surface area contributed by atoms with E-state index in [-0.39, 0.29) is 0 Å². The number of anilines is 1. The largest absolute Gasteiger partial charge is 0.453 e. The van der Waals surface area contributed by atoms with Gasteiger partial charge in [0.25, 0.3) is 0 Å². The van der Waals surface area contributed by atoms with Crippen LogP contribution in [0.3, 0.4) is 0 Å². The molecule has 1 N–H and O–H groups in total. The first-order valence-corrected chi connectivity index (χ1v) is 8.63. The molecule has 0 atom stereocenters. The number of aryl methyl sites for hydroxylation is 2. The van der Waals surface area contributed by atoms with Crippen LogP contribution < -0.4 is 10.1 Å². The fourth-order valence-electron chi connectivity index (χ4n) is 2.31. The van der Waals surface area contributed by atoms with Crippen molar-refractivity contribution >= 4 is 17.6 Å². The third-order valence-electron chi connectivity index (χ3n) is 3.61. The Morgan fingerprint density at radius 3 is 2.54 bits per heavy atom. The quantitative estimate of drug-likeness (QED) is 0.649. The first-order valence-electron chi connectivity index (χ1n) is 7.81. The van der Waals surface area contributed by atoms with Crippen LogP contribution >= 0.6 is 11.8 Å². The van der Waals surface area contributed by atoms with Crippen LogP contribution in [0.5, 0.6) is 11.5 Å². The number of nitrogens with one attached hydrogen (secondary N) is 1. The molecule has 0 aliphatic carbocycles. The normalized spacial score (nSPS) is 10.5. The highest BCUT2D eigenvalue weighted by Gasteiger charge is 2.09. The van der Waals surface area contributed by atoms with Gasteiger partial charge in [-0.3, -0.25) is 0 Å². The van der Waals surface area contributed by atoms with Gasteiger partial charge in [0.2, 0.25) is 0 Å². The standard InChI is InChI=1S/C20H20N2OS/c1-14-9-10-15(2)19(11-14)24-17-12-18(20(21-3)22-13-17)23-16-7-5-4-6-8-16/h4-13H,1-3H3,(H,21,22). The number of hydrogen-bond donors (Lipinski definition) is 1. The molecule has 1 aromatic heterocycles. The zero-order valence-corrected chi connectivity index (χ0v) is 14.9. The predicted molar refractivity (Wildman–Crippen MR) is 100 cm³/mol. The molecule has 0 fully saturated rings. The van der Waals surface area contributed by atoms with E-state index in [4.69, 9.17) is 4.74 Å². The summed E-state index contributed by atoms with van der Waals surface area (Å²) in [6.45, 7) is 4.23. The van der Waals surface area contributed by atoms with Crippen molar-refractivity contribution in [3.63, 3.8) is 0 Å². The molecule has 2 aromatic carbocycles. The minimum atomic E-state index is 0.721. The molecule has 0 aliphatic heterocycles. The lowest BCUT2D eigenvalue weighted by Gasteiger charge is -2.12. The third kappa shape index (κ3) is 3.89. The highest BCUT2D eigenvalue weighted by molar-refractivity contribution is 7.99. The molecule has 3 aromatic rings. The molecule has 0 radical (unpaired) electrons. The van der Waals surface area contributed by atoms with Gasteiger partial charge in [-0.05, 0) is 43.2 Å². The number of ether oxygens (including phenoxy) is 1. The molecule has 122 valence electrons. The maximum atomic E-state index is 5.99. The highest BCUT2D eigenvalue weighted by atomic mass is 32.2. The van der Waals surface area contributed by atoms with Gasteiger partial charge in [0.1, 0.15) is 5.75 Å². The van der Waals surface area contributed by atoms with E-state index in [1.807, 2.05) is 49.6 Å². The van der Waals surface area contributed by atoms with Crippen molar-refractivity contribution in [3.05, 3.63) is 71.9 Å². The van der Waals surface area contributed by atoms with E-state index in [0.29, 0.717) is 0 Å². The lowest BCUT2D eigenvalue weighted by atomic mass is 10.2. The summed E-state index contributed by atoms with van der Waals surface area (Å²) in [5.74, 6) is 2.24. The van der Waals surface area contributed by atoms with Gasteiger partial charge in [0.05, 0.1) is 0 Å². The van der Waals surface area contributed by atoms with Crippen molar-refractivity contribution in [1.29, 1.82) is 0 Å². The molecule has 0 amide bonds. The Hall–Kier alpha value is -2.46. The SMILES string of the molecule is CNc1ncc(Sc2cc(C)ccc2C)cc1Oc1ccccc1. The molecule has 1 heterocycles. The minimum Gasteiger partial charge on any atom is -0.453 e. The summed E-state index contributed by atoms with van der Waals surface area (Å²) in [7, 11) is 1.84. The Kier molecular flexibility index (Phi) is 5.06. The molecular weight excluding hydrogens is 316 g/mol. The smallest absolute Gasteiger partial charge is 0.170 e. The molecule has 0 saturated heterocycles. The van der Waals surface area contributed by atoms with E-state index >= 15 is 0 Å². The summed E-state index contributed by atoms with van der Waals surface area (Å²) < 4.78 is 5.99. The van der Waals surface area contributed by atoms with Crippen LogP contribution in [0, 0.1) is 13.8 Å².